The Labute approximate surface area is 110 Å². The summed E-state index contributed by atoms with van der Waals surface area (Å²) in [6, 6.07) is 0. The fourth-order valence-electron chi connectivity index (χ4n) is 1.83. The van der Waals surface area contributed by atoms with Crippen molar-refractivity contribution in [2.24, 2.45) is 5.16 Å². The van der Waals surface area contributed by atoms with Crippen LogP contribution in [-0.4, -0.2) is 29.3 Å². The van der Waals surface area contributed by atoms with Gasteiger partial charge in [-0.05, 0) is 20.3 Å². The second-order valence-electron chi connectivity index (χ2n) is 4.29. The van der Waals surface area contributed by atoms with Crippen LogP contribution in [0.15, 0.2) is 5.16 Å². The molecule has 1 amide bonds. The van der Waals surface area contributed by atoms with Crippen molar-refractivity contribution in [2.45, 2.75) is 39.7 Å². The number of amides is 1. The van der Waals surface area contributed by atoms with Crippen LogP contribution in [-0.2, 0) is 4.84 Å². The molecule has 1 aliphatic rings. The summed E-state index contributed by atoms with van der Waals surface area (Å²) in [6.45, 7) is 6.33. The van der Waals surface area contributed by atoms with E-state index in [4.69, 9.17) is 4.84 Å². The zero-order valence-corrected chi connectivity index (χ0v) is 11.6. The minimum absolute atomic E-state index is 0.0380. The summed E-state index contributed by atoms with van der Waals surface area (Å²) in [6.07, 6.45) is 1.66. The highest BCUT2D eigenvalue weighted by atomic mass is 32.1. The molecule has 5 nitrogen and oxygen atoms in total. The van der Waals surface area contributed by atoms with E-state index in [0.29, 0.717) is 12.2 Å². The fourth-order valence-corrected chi connectivity index (χ4v) is 2.65. The molecule has 0 radical (unpaired) electrons. The maximum absolute atomic E-state index is 11.9. The predicted octanol–water partition coefficient (Wildman–Crippen LogP) is 2.04. The fraction of sp³-hybridized carbons (Fsp3) is 0.583. The van der Waals surface area contributed by atoms with Gasteiger partial charge in [0.1, 0.15) is 11.8 Å². The van der Waals surface area contributed by atoms with Crippen molar-refractivity contribution in [1.82, 2.24) is 10.3 Å². The van der Waals surface area contributed by atoms with Gasteiger partial charge in [-0.3, -0.25) is 4.79 Å². The van der Waals surface area contributed by atoms with E-state index >= 15 is 0 Å². The SMILES string of the molecule is CCC1=NOC(CNC(=O)c2nc(C)sc2C)C1. The largest absolute Gasteiger partial charge is 0.390 e. The zero-order chi connectivity index (χ0) is 13.1. The second kappa shape index (κ2) is 5.48. The standard InChI is InChI=1S/C12H17N3O2S/c1-4-9-5-10(17-15-9)6-13-12(16)11-7(2)18-8(3)14-11/h10H,4-6H2,1-3H3,(H,13,16). The number of nitrogens with zero attached hydrogens (tertiary/aromatic N) is 2. The molecule has 1 unspecified atom stereocenters. The van der Waals surface area contributed by atoms with Gasteiger partial charge in [0.15, 0.2) is 0 Å². The Hall–Kier alpha value is -1.43. The van der Waals surface area contributed by atoms with Crippen LogP contribution >= 0.6 is 11.3 Å². The van der Waals surface area contributed by atoms with E-state index in [0.717, 1.165) is 28.4 Å². The van der Waals surface area contributed by atoms with Crippen molar-refractivity contribution >= 4 is 23.0 Å². The van der Waals surface area contributed by atoms with Gasteiger partial charge in [0.2, 0.25) is 0 Å². The maximum atomic E-state index is 11.9. The van der Waals surface area contributed by atoms with Gasteiger partial charge in [-0.1, -0.05) is 12.1 Å². The van der Waals surface area contributed by atoms with Gasteiger partial charge in [-0.2, -0.15) is 0 Å². The Morgan fingerprint density at radius 1 is 1.56 bits per heavy atom. The van der Waals surface area contributed by atoms with Gasteiger partial charge in [0.25, 0.3) is 5.91 Å². The molecule has 1 N–H and O–H groups in total. The van der Waals surface area contributed by atoms with Crippen molar-refractivity contribution in [3.05, 3.63) is 15.6 Å². The Balaban J connectivity index is 1.85. The molecular weight excluding hydrogens is 250 g/mol. The van der Waals surface area contributed by atoms with Gasteiger partial charge in [-0.25, -0.2) is 4.98 Å². The first kappa shape index (κ1) is 13.0. The van der Waals surface area contributed by atoms with Crippen molar-refractivity contribution in [2.75, 3.05) is 6.54 Å². The van der Waals surface area contributed by atoms with E-state index in [1.54, 1.807) is 0 Å². The molecule has 0 fully saturated rings. The summed E-state index contributed by atoms with van der Waals surface area (Å²) >= 11 is 1.53. The first-order chi connectivity index (χ1) is 8.60. The number of hydrogen-bond acceptors (Lipinski definition) is 5. The number of hydrogen-bond donors (Lipinski definition) is 1. The smallest absolute Gasteiger partial charge is 0.271 e. The number of carbonyl (C=O) groups is 1. The molecule has 0 saturated carbocycles. The molecule has 1 aromatic heterocycles. The summed E-state index contributed by atoms with van der Waals surface area (Å²) in [7, 11) is 0. The number of oxime groups is 1. The number of aromatic nitrogens is 1. The summed E-state index contributed by atoms with van der Waals surface area (Å²) < 4.78 is 0. The molecule has 0 bridgehead atoms. The first-order valence-electron chi connectivity index (χ1n) is 6.04. The summed E-state index contributed by atoms with van der Waals surface area (Å²) in [5.41, 5.74) is 1.57. The average Bonchev–Trinajstić information content (AvgIpc) is 2.92. The summed E-state index contributed by atoms with van der Waals surface area (Å²) in [5, 5.41) is 7.72. The lowest BCUT2D eigenvalue weighted by Crippen LogP contribution is -2.32. The molecule has 2 heterocycles. The zero-order valence-electron chi connectivity index (χ0n) is 10.8. The number of thiazole rings is 1. The highest BCUT2D eigenvalue weighted by Gasteiger charge is 2.21. The van der Waals surface area contributed by atoms with Crippen LogP contribution in [0.3, 0.4) is 0 Å². The lowest BCUT2D eigenvalue weighted by molar-refractivity contribution is 0.0751. The monoisotopic (exact) mass is 267 g/mol. The van der Waals surface area contributed by atoms with Gasteiger partial charge < -0.3 is 10.2 Å². The minimum atomic E-state index is -0.134. The van der Waals surface area contributed by atoms with Gasteiger partial charge in [-0.15, -0.1) is 11.3 Å². The minimum Gasteiger partial charge on any atom is -0.390 e. The maximum Gasteiger partial charge on any atom is 0.271 e. The molecule has 18 heavy (non-hydrogen) atoms. The number of nitrogens with one attached hydrogen (secondary N) is 1. The summed E-state index contributed by atoms with van der Waals surface area (Å²) in [5.74, 6) is -0.134. The lowest BCUT2D eigenvalue weighted by Gasteiger charge is -2.09. The Bertz CT molecular complexity index is 482. The van der Waals surface area contributed by atoms with Crippen molar-refractivity contribution in [1.29, 1.82) is 0 Å². The van der Waals surface area contributed by atoms with E-state index in [2.05, 4.69) is 15.5 Å². The van der Waals surface area contributed by atoms with E-state index in [1.165, 1.54) is 11.3 Å². The molecule has 98 valence electrons. The second-order valence-corrected chi connectivity index (χ2v) is 5.70. The Morgan fingerprint density at radius 2 is 2.33 bits per heavy atom. The molecular formula is C12H17N3O2S. The molecule has 0 aliphatic carbocycles. The predicted molar refractivity (Wildman–Crippen MR) is 71.1 cm³/mol. The first-order valence-corrected chi connectivity index (χ1v) is 6.85. The van der Waals surface area contributed by atoms with Crippen LogP contribution in [0, 0.1) is 13.8 Å². The van der Waals surface area contributed by atoms with E-state index in [1.807, 2.05) is 20.8 Å². The molecule has 1 atom stereocenters. The normalized spacial score (nSPS) is 18.4. The third-order valence-electron chi connectivity index (χ3n) is 2.81. The number of carbonyl (C=O) groups excluding carboxylic acids is 1. The van der Waals surface area contributed by atoms with E-state index in [9.17, 15) is 4.79 Å². The Morgan fingerprint density at radius 3 is 2.89 bits per heavy atom. The molecule has 2 rings (SSSR count). The van der Waals surface area contributed by atoms with Crippen LogP contribution in [0.1, 0.15) is 40.1 Å². The third-order valence-corrected chi connectivity index (χ3v) is 3.70. The van der Waals surface area contributed by atoms with Crippen molar-refractivity contribution in [3.63, 3.8) is 0 Å². The lowest BCUT2D eigenvalue weighted by atomic mass is 10.1. The molecule has 1 aliphatic heterocycles. The van der Waals surface area contributed by atoms with Crippen molar-refractivity contribution in [3.8, 4) is 0 Å². The molecule has 1 aromatic rings. The highest BCUT2D eigenvalue weighted by Crippen LogP contribution is 2.16. The van der Waals surface area contributed by atoms with Gasteiger partial charge in [0, 0.05) is 11.3 Å². The number of aryl methyl sites for hydroxylation is 2. The quantitative estimate of drug-likeness (QED) is 0.908. The third kappa shape index (κ3) is 2.87. The van der Waals surface area contributed by atoms with Crippen molar-refractivity contribution < 1.29 is 9.63 Å². The Kier molecular flexibility index (Phi) is 3.96. The highest BCUT2D eigenvalue weighted by molar-refractivity contribution is 7.11. The molecule has 0 saturated heterocycles. The van der Waals surface area contributed by atoms with Crippen LogP contribution in [0.2, 0.25) is 0 Å². The number of rotatable bonds is 4. The van der Waals surface area contributed by atoms with E-state index < -0.39 is 0 Å². The molecule has 0 aromatic carbocycles. The van der Waals surface area contributed by atoms with Crippen LogP contribution in [0.25, 0.3) is 0 Å². The van der Waals surface area contributed by atoms with Crippen LogP contribution in [0.5, 0.6) is 0 Å². The average molecular weight is 267 g/mol. The van der Waals surface area contributed by atoms with Crippen LogP contribution in [0.4, 0.5) is 0 Å². The van der Waals surface area contributed by atoms with Gasteiger partial charge in [0.05, 0.1) is 17.3 Å². The summed E-state index contributed by atoms with van der Waals surface area (Å²) in [4.78, 5) is 22.3. The topological polar surface area (TPSA) is 63.6 Å². The molecule has 6 heteroatoms. The molecule has 0 spiro atoms. The van der Waals surface area contributed by atoms with Gasteiger partial charge >= 0.3 is 0 Å². The van der Waals surface area contributed by atoms with E-state index in [-0.39, 0.29) is 12.0 Å². The van der Waals surface area contributed by atoms with Crippen LogP contribution < -0.4 is 5.32 Å².